The third-order valence-corrected chi connectivity index (χ3v) is 5.30. The highest BCUT2D eigenvalue weighted by Gasteiger charge is 2.24. The minimum Gasteiger partial charge on any atom is -0.490 e. The van der Waals surface area contributed by atoms with Gasteiger partial charge in [0.25, 0.3) is 0 Å². The number of esters is 1. The zero-order valence-electron chi connectivity index (χ0n) is 19.5. The second-order valence-electron chi connectivity index (χ2n) is 7.78. The van der Waals surface area contributed by atoms with Crippen LogP contribution < -0.4 is 14.2 Å². The van der Waals surface area contributed by atoms with Crippen molar-refractivity contribution in [2.24, 2.45) is 4.99 Å². The molecule has 1 aliphatic heterocycles. The zero-order chi connectivity index (χ0) is 23.9. The van der Waals surface area contributed by atoms with Gasteiger partial charge in [-0.1, -0.05) is 30.3 Å². The first-order valence-corrected chi connectivity index (χ1v) is 11.2. The van der Waals surface area contributed by atoms with E-state index < -0.39 is 5.97 Å². The Kier molecular flexibility index (Phi) is 7.28. The summed E-state index contributed by atoms with van der Waals surface area (Å²) in [6.45, 7) is 7.29. The molecule has 0 fully saturated rings. The Labute approximate surface area is 199 Å². The molecule has 0 aromatic heterocycles. The number of benzene rings is 3. The molecule has 174 valence electrons. The molecule has 3 aromatic rings. The van der Waals surface area contributed by atoms with Crippen molar-refractivity contribution in [1.82, 2.24) is 0 Å². The Hall–Kier alpha value is -4.06. The Bertz CT molecular complexity index is 1230. The van der Waals surface area contributed by atoms with Crippen LogP contribution in [0.1, 0.15) is 29.2 Å². The van der Waals surface area contributed by atoms with Crippen LogP contribution in [0.25, 0.3) is 6.08 Å². The second kappa shape index (κ2) is 10.7. The summed E-state index contributed by atoms with van der Waals surface area (Å²) < 4.78 is 22.8. The average molecular weight is 458 g/mol. The van der Waals surface area contributed by atoms with Crippen molar-refractivity contribution < 1.29 is 23.7 Å². The van der Waals surface area contributed by atoms with Gasteiger partial charge in [0.2, 0.25) is 5.90 Å². The van der Waals surface area contributed by atoms with E-state index in [0.29, 0.717) is 37.2 Å². The third kappa shape index (κ3) is 5.64. The van der Waals surface area contributed by atoms with Crippen LogP contribution in [-0.2, 0) is 9.53 Å². The normalized spacial score (nSPS) is 14.0. The standard InChI is InChI=1S/C28H27NO5/c1-4-31-26-18-21(17-24-28(30)34-27(29-24)22-8-6-5-7-9-22)11-13-25(26)33-15-14-32-23-12-10-19(2)20(3)16-23/h5-13,16-18H,4,14-15H2,1-3H3. The highest BCUT2D eigenvalue weighted by atomic mass is 16.6. The van der Waals surface area contributed by atoms with Gasteiger partial charge in [0, 0.05) is 5.56 Å². The van der Waals surface area contributed by atoms with Gasteiger partial charge in [-0.15, -0.1) is 0 Å². The van der Waals surface area contributed by atoms with Crippen LogP contribution >= 0.6 is 0 Å². The summed E-state index contributed by atoms with van der Waals surface area (Å²) in [5.74, 6) is 1.82. The van der Waals surface area contributed by atoms with Crippen molar-refractivity contribution in [3.8, 4) is 17.2 Å². The van der Waals surface area contributed by atoms with Crippen LogP contribution in [0.5, 0.6) is 17.2 Å². The molecule has 0 spiro atoms. The Balaban J connectivity index is 1.43. The largest absolute Gasteiger partial charge is 0.490 e. The molecule has 1 heterocycles. The summed E-state index contributed by atoms with van der Waals surface area (Å²) in [6, 6.07) is 20.8. The van der Waals surface area contributed by atoms with Gasteiger partial charge in [-0.05, 0) is 79.9 Å². The first-order valence-electron chi connectivity index (χ1n) is 11.2. The highest BCUT2D eigenvalue weighted by molar-refractivity contribution is 6.12. The summed E-state index contributed by atoms with van der Waals surface area (Å²) in [7, 11) is 0. The molecule has 0 saturated heterocycles. The smallest absolute Gasteiger partial charge is 0.363 e. The van der Waals surface area contributed by atoms with Crippen LogP contribution in [0.2, 0.25) is 0 Å². The lowest BCUT2D eigenvalue weighted by Crippen LogP contribution is -2.10. The molecule has 0 amide bonds. The van der Waals surface area contributed by atoms with Gasteiger partial charge in [0.15, 0.2) is 17.2 Å². The predicted molar refractivity (Wildman–Crippen MR) is 132 cm³/mol. The number of hydrogen-bond donors (Lipinski definition) is 0. The van der Waals surface area contributed by atoms with Crippen molar-refractivity contribution in [1.29, 1.82) is 0 Å². The van der Waals surface area contributed by atoms with Gasteiger partial charge in [-0.3, -0.25) is 0 Å². The number of rotatable bonds is 9. The molecule has 0 bridgehead atoms. The molecular formula is C28H27NO5. The minimum atomic E-state index is -0.486. The van der Waals surface area contributed by atoms with Gasteiger partial charge >= 0.3 is 5.97 Å². The molecule has 0 saturated carbocycles. The molecule has 0 radical (unpaired) electrons. The van der Waals surface area contributed by atoms with Gasteiger partial charge in [0.1, 0.15) is 19.0 Å². The Morgan fingerprint density at radius 1 is 0.853 bits per heavy atom. The lowest BCUT2D eigenvalue weighted by atomic mass is 10.1. The molecule has 3 aromatic carbocycles. The van der Waals surface area contributed by atoms with E-state index in [0.717, 1.165) is 16.9 Å². The maximum Gasteiger partial charge on any atom is 0.363 e. The first-order chi connectivity index (χ1) is 16.5. The number of aryl methyl sites for hydroxylation is 2. The van der Waals surface area contributed by atoms with E-state index in [4.69, 9.17) is 18.9 Å². The fourth-order valence-corrected chi connectivity index (χ4v) is 3.39. The van der Waals surface area contributed by atoms with E-state index >= 15 is 0 Å². The maximum absolute atomic E-state index is 12.3. The number of aliphatic imine (C=N–C) groups is 1. The number of ether oxygens (including phenoxy) is 4. The zero-order valence-corrected chi connectivity index (χ0v) is 19.5. The van der Waals surface area contributed by atoms with E-state index in [-0.39, 0.29) is 5.70 Å². The summed E-state index contributed by atoms with van der Waals surface area (Å²) >= 11 is 0. The Morgan fingerprint density at radius 2 is 1.65 bits per heavy atom. The van der Waals surface area contributed by atoms with E-state index in [9.17, 15) is 4.79 Å². The molecule has 0 aliphatic carbocycles. The third-order valence-electron chi connectivity index (χ3n) is 5.30. The summed E-state index contributed by atoms with van der Waals surface area (Å²) in [6.07, 6.45) is 1.67. The quantitative estimate of drug-likeness (QED) is 0.241. The molecule has 1 aliphatic rings. The number of carbonyl (C=O) groups excluding carboxylic acids is 1. The van der Waals surface area contributed by atoms with E-state index in [1.165, 1.54) is 11.1 Å². The summed E-state index contributed by atoms with van der Waals surface area (Å²) in [5.41, 5.74) is 4.16. The van der Waals surface area contributed by atoms with Crippen LogP contribution in [0.3, 0.4) is 0 Å². The molecule has 6 heteroatoms. The van der Waals surface area contributed by atoms with Gasteiger partial charge in [-0.2, -0.15) is 0 Å². The van der Waals surface area contributed by atoms with E-state index in [2.05, 4.69) is 18.8 Å². The van der Waals surface area contributed by atoms with Crippen molar-refractivity contribution in [3.63, 3.8) is 0 Å². The average Bonchev–Trinajstić information content (AvgIpc) is 3.21. The SMILES string of the molecule is CCOc1cc(C=C2N=C(c3ccccc3)OC2=O)ccc1OCCOc1ccc(C)c(C)c1. The monoisotopic (exact) mass is 457 g/mol. The lowest BCUT2D eigenvalue weighted by molar-refractivity contribution is -0.129. The molecule has 6 nitrogen and oxygen atoms in total. The summed E-state index contributed by atoms with van der Waals surface area (Å²) in [5, 5.41) is 0. The second-order valence-corrected chi connectivity index (χ2v) is 7.78. The maximum atomic E-state index is 12.3. The van der Waals surface area contributed by atoms with Crippen LogP contribution in [0.15, 0.2) is 77.4 Å². The molecule has 34 heavy (non-hydrogen) atoms. The minimum absolute atomic E-state index is 0.233. The molecule has 0 atom stereocenters. The van der Waals surface area contributed by atoms with Crippen LogP contribution in [0, 0.1) is 13.8 Å². The van der Waals surface area contributed by atoms with E-state index in [1.807, 2.05) is 73.7 Å². The predicted octanol–water partition coefficient (Wildman–Crippen LogP) is 5.50. The fraction of sp³-hybridized carbons (Fsp3) is 0.214. The Morgan fingerprint density at radius 3 is 2.41 bits per heavy atom. The highest BCUT2D eigenvalue weighted by Crippen LogP contribution is 2.30. The van der Waals surface area contributed by atoms with Crippen LogP contribution in [0.4, 0.5) is 0 Å². The number of nitrogens with zero attached hydrogens (tertiary/aromatic N) is 1. The lowest BCUT2D eigenvalue weighted by Gasteiger charge is -2.13. The molecule has 0 unspecified atom stereocenters. The molecular weight excluding hydrogens is 430 g/mol. The summed E-state index contributed by atoms with van der Waals surface area (Å²) in [4.78, 5) is 16.6. The van der Waals surface area contributed by atoms with Crippen LogP contribution in [-0.4, -0.2) is 31.7 Å². The van der Waals surface area contributed by atoms with Crippen molar-refractivity contribution in [2.75, 3.05) is 19.8 Å². The topological polar surface area (TPSA) is 66.4 Å². The number of hydrogen-bond acceptors (Lipinski definition) is 6. The van der Waals surface area contributed by atoms with E-state index in [1.54, 1.807) is 6.08 Å². The van der Waals surface area contributed by atoms with Gasteiger partial charge in [0.05, 0.1) is 6.61 Å². The van der Waals surface area contributed by atoms with Gasteiger partial charge in [-0.25, -0.2) is 9.79 Å². The van der Waals surface area contributed by atoms with Crippen molar-refractivity contribution in [2.45, 2.75) is 20.8 Å². The fourth-order valence-electron chi connectivity index (χ4n) is 3.39. The first kappa shape index (κ1) is 23.1. The number of cyclic esters (lactones) is 1. The molecule has 0 N–H and O–H groups in total. The molecule has 4 rings (SSSR count). The van der Waals surface area contributed by atoms with Crippen molar-refractivity contribution in [3.05, 3.63) is 94.7 Å². The van der Waals surface area contributed by atoms with Gasteiger partial charge < -0.3 is 18.9 Å². The van der Waals surface area contributed by atoms with Crippen molar-refractivity contribution >= 4 is 17.9 Å². The number of carbonyl (C=O) groups is 1.